The van der Waals surface area contributed by atoms with Gasteiger partial charge in [-0.25, -0.2) is 0 Å². The van der Waals surface area contributed by atoms with Gasteiger partial charge in [0.05, 0.1) is 0 Å². The summed E-state index contributed by atoms with van der Waals surface area (Å²) in [5.74, 6) is 0.480. The minimum Gasteiger partial charge on any atom is -0.325 e. The van der Waals surface area contributed by atoms with Gasteiger partial charge in [-0.1, -0.05) is 43.0 Å². The monoisotopic (exact) mass is 211 g/mol. The molecular weight excluding hydrogens is 194 g/mol. The van der Waals surface area contributed by atoms with Gasteiger partial charge in [-0.15, -0.1) is 5.73 Å². The molecule has 16 heavy (non-hydrogen) atoms. The van der Waals surface area contributed by atoms with E-state index >= 15 is 0 Å². The Morgan fingerprint density at radius 1 is 1.56 bits per heavy atom. The van der Waals surface area contributed by atoms with Crippen LogP contribution in [0.3, 0.4) is 0 Å². The van der Waals surface area contributed by atoms with E-state index in [2.05, 4.69) is 36.6 Å². The van der Waals surface area contributed by atoms with Crippen molar-refractivity contribution in [2.24, 2.45) is 11.7 Å². The molecule has 2 N–H and O–H groups in total. The lowest BCUT2D eigenvalue weighted by molar-refractivity contribution is 0.834. The van der Waals surface area contributed by atoms with E-state index in [1.807, 2.05) is 19.1 Å². The minimum atomic E-state index is 0.0508. The Kier molecular flexibility index (Phi) is 3.09. The maximum Gasteiger partial charge on any atom is 0.0231 e. The Hall–Kier alpha value is -1.56. The molecule has 0 spiro atoms. The molecule has 2 unspecified atom stereocenters. The van der Waals surface area contributed by atoms with Gasteiger partial charge in [0.1, 0.15) is 0 Å². The first-order valence-electron chi connectivity index (χ1n) is 5.66. The van der Waals surface area contributed by atoms with Crippen LogP contribution in [0, 0.1) is 5.92 Å². The van der Waals surface area contributed by atoms with Crippen molar-refractivity contribution >= 4 is 0 Å². The van der Waals surface area contributed by atoms with E-state index < -0.39 is 0 Å². The highest BCUT2D eigenvalue weighted by atomic mass is 14.6. The molecule has 2 aliphatic carbocycles. The van der Waals surface area contributed by atoms with Crippen LogP contribution < -0.4 is 5.73 Å². The average molecular weight is 211 g/mol. The van der Waals surface area contributed by atoms with Crippen LogP contribution in [0.4, 0.5) is 0 Å². The van der Waals surface area contributed by atoms with Crippen LogP contribution in [0.5, 0.6) is 0 Å². The standard InChI is InChI=1S/C15H17N/c1-3-12-10-14-6-4-5-13(14)7-8-15(12)9-11(2)16/h3-4,6-9,11,13H,1,5,16H2,2H3/b15-9-. The molecular formula is C15H17N. The van der Waals surface area contributed by atoms with E-state index in [0.29, 0.717) is 5.92 Å². The molecule has 0 aromatic heterocycles. The molecule has 0 heterocycles. The van der Waals surface area contributed by atoms with Crippen LogP contribution in [0.2, 0.25) is 0 Å². The second-order valence-electron chi connectivity index (χ2n) is 4.28. The molecule has 82 valence electrons. The fourth-order valence-electron chi connectivity index (χ4n) is 2.04. The van der Waals surface area contributed by atoms with Crippen molar-refractivity contribution < 1.29 is 0 Å². The van der Waals surface area contributed by atoms with Crippen LogP contribution in [0.1, 0.15) is 13.3 Å². The lowest BCUT2D eigenvalue weighted by atomic mass is 10.0. The number of allylic oxidation sites excluding steroid dienone is 7. The summed E-state index contributed by atoms with van der Waals surface area (Å²) >= 11 is 0. The Bertz CT molecular complexity index is 452. The van der Waals surface area contributed by atoms with E-state index in [4.69, 9.17) is 5.73 Å². The molecule has 0 radical (unpaired) electrons. The second kappa shape index (κ2) is 4.52. The summed E-state index contributed by atoms with van der Waals surface area (Å²) in [6.45, 7) is 5.82. The summed E-state index contributed by atoms with van der Waals surface area (Å²) in [6.07, 6.45) is 13.7. The average Bonchev–Trinajstić information content (AvgIpc) is 2.62. The largest absolute Gasteiger partial charge is 0.325 e. The van der Waals surface area contributed by atoms with E-state index in [9.17, 15) is 0 Å². The summed E-state index contributed by atoms with van der Waals surface area (Å²) in [7, 11) is 0. The highest BCUT2D eigenvalue weighted by Crippen LogP contribution is 2.29. The summed E-state index contributed by atoms with van der Waals surface area (Å²) in [4.78, 5) is 0. The Balaban J connectivity index is 2.51. The first kappa shape index (κ1) is 10.9. The van der Waals surface area contributed by atoms with Crippen molar-refractivity contribution in [3.05, 3.63) is 65.5 Å². The van der Waals surface area contributed by atoms with Crippen molar-refractivity contribution in [3.63, 3.8) is 0 Å². The molecule has 0 aromatic carbocycles. The van der Waals surface area contributed by atoms with Gasteiger partial charge in [0.15, 0.2) is 0 Å². The maximum absolute atomic E-state index is 5.80. The zero-order valence-electron chi connectivity index (χ0n) is 9.61. The third-order valence-corrected chi connectivity index (χ3v) is 2.83. The fourth-order valence-corrected chi connectivity index (χ4v) is 2.04. The summed E-state index contributed by atoms with van der Waals surface area (Å²) < 4.78 is 0. The summed E-state index contributed by atoms with van der Waals surface area (Å²) in [5.41, 5.74) is 12.6. The van der Waals surface area contributed by atoms with E-state index in [0.717, 1.165) is 17.6 Å². The van der Waals surface area contributed by atoms with Gasteiger partial charge in [0.2, 0.25) is 0 Å². The van der Waals surface area contributed by atoms with Gasteiger partial charge >= 0.3 is 0 Å². The third-order valence-electron chi connectivity index (χ3n) is 2.83. The zero-order chi connectivity index (χ0) is 11.5. The molecule has 2 aliphatic rings. The van der Waals surface area contributed by atoms with Crippen LogP contribution in [0.15, 0.2) is 65.5 Å². The molecule has 0 amide bonds. The van der Waals surface area contributed by atoms with Crippen molar-refractivity contribution in [2.75, 3.05) is 0 Å². The number of fused-ring (bicyclic) bond motifs is 1. The van der Waals surface area contributed by atoms with Crippen LogP contribution in [-0.2, 0) is 0 Å². The smallest absolute Gasteiger partial charge is 0.0231 e. The SMILES string of the molecule is C=CC1=C=C2C=CCC2C=C/C1=C/C(C)N. The van der Waals surface area contributed by atoms with Crippen molar-refractivity contribution in [1.82, 2.24) is 0 Å². The van der Waals surface area contributed by atoms with Crippen LogP contribution in [0.25, 0.3) is 0 Å². The zero-order valence-corrected chi connectivity index (χ0v) is 9.61. The maximum atomic E-state index is 5.80. The lowest BCUT2D eigenvalue weighted by Crippen LogP contribution is -2.11. The van der Waals surface area contributed by atoms with Gasteiger partial charge in [-0.2, -0.15) is 0 Å². The van der Waals surface area contributed by atoms with E-state index in [1.54, 1.807) is 0 Å². The molecule has 0 aromatic rings. The molecule has 0 saturated heterocycles. The molecule has 0 aliphatic heterocycles. The van der Waals surface area contributed by atoms with Crippen LogP contribution >= 0.6 is 0 Å². The van der Waals surface area contributed by atoms with Gasteiger partial charge in [-0.3, -0.25) is 0 Å². The molecule has 0 bridgehead atoms. The predicted octanol–water partition coefficient (Wildman–Crippen LogP) is 3.04. The molecule has 2 atom stereocenters. The molecule has 2 rings (SSSR count). The van der Waals surface area contributed by atoms with E-state index in [1.165, 1.54) is 5.57 Å². The number of rotatable bonds is 2. The predicted molar refractivity (Wildman–Crippen MR) is 68.9 cm³/mol. The topological polar surface area (TPSA) is 26.0 Å². The number of nitrogens with two attached hydrogens (primary N) is 1. The Morgan fingerprint density at radius 2 is 2.38 bits per heavy atom. The first-order valence-corrected chi connectivity index (χ1v) is 5.66. The number of hydrogen-bond acceptors (Lipinski definition) is 1. The molecule has 0 saturated carbocycles. The summed E-state index contributed by atoms with van der Waals surface area (Å²) in [6, 6.07) is 0.0508. The number of hydrogen-bond donors (Lipinski definition) is 1. The van der Waals surface area contributed by atoms with Crippen LogP contribution in [-0.4, -0.2) is 6.04 Å². The molecule has 1 heteroatoms. The van der Waals surface area contributed by atoms with Gasteiger partial charge in [0, 0.05) is 23.1 Å². The van der Waals surface area contributed by atoms with Crippen molar-refractivity contribution in [3.8, 4) is 0 Å². The minimum absolute atomic E-state index is 0.0508. The Labute approximate surface area is 97.0 Å². The summed E-state index contributed by atoms with van der Waals surface area (Å²) in [5, 5.41) is 0. The third kappa shape index (κ3) is 2.16. The fraction of sp³-hybridized carbons (Fsp3) is 0.267. The van der Waals surface area contributed by atoms with Crippen molar-refractivity contribution in [2.45, 2.75) is 19.4 Å². The van der Waals surface area contributed by atoms with Gasteiger partial charge in [-0.05, 0) is 18.9 Å². The highest BCUT2D eigenvalue weighted by Gasteiger charge is 2.15. The lowest BCUT2D eigenvalue weighted by Gasteiger charge is -2.03. The van der Waals surface area contributed by atoms with Gasteiger partial charge < -0.3 is 5.73 Å². The second-order valence-corrected chi connectivity index (χ2v) is 4.28. The molecule has 1 nitrogen and oxygen atoms in total. The normalized spacial score (nSPS) is 27.1. The van der Waals surface area contributed by atoms with Crippen molar-refractivity contribution in [1.29, 1.82) is 0 Å². The molecule has 0 fully saturated rings. The Morgan fingerprint density at radius 3 is 3.06 bits per heavy atom. The van der Waals surface area contributed by atoms with Gasteiger partial charge in [0.25, 0.3) is 0 Å². The quantitative estimate of drug-likeness (QED) is 0.698. The van der Waals surface area contributed by atoms with E-state index in [-0.39, 0.29) is 6.04 Å². The first-order chi connectivity index (χ1) is 7.70. The highest BCUT2D eigenvalue weighted by molar-refractivity contribution is 5.51.